The second-order valence-corrected chi connectivity index (χ2v) is 4.64. The first-order valence-corrected chi connectivity index (χ1v) is 6.43. The van der Waals surface area contributed by atoms with Gasteiger partial charge in [-0.25, -0.2) is 0 Å². The third-order valence-electron chi connectivity index (χ3n) is 3.12. The van der Waals surface area contributed by atoms with Gasteiger partial charge in [-0.05, 0) is 30.7 Å². The Kier molecular flexibility index (Phi) is 4.43. The molecule has 0 aliphatic carbocycles. The van der Waals surface area contributed by atoms with Crippen LogP contribution >= 0.6 is 0 Å². The van der Waals surface area contributed by atoms with Crippen LogP contribution in [0.25, 0.3) is 0 Å². The van der Waals surface area contributed by atoms with E-state index in [1.54, 1.807) is 24.3 Å². The molecule has 0 amide bonds. The minimum atomic E-state index is -4.40. The van der Waals surface area contributed by atoms with Crippen LogP contribution in [0.4, 0.5) is 13.2 Å². The highest BCUT2D eigenvalue weighted by Gasteiger charge is 2.30. The van der Waals surface area contributed by atoms with E-state index in [9.17, 15) is 18.0 Å². The van der Waals surface area contributed by atoms with Crippen LogP contribution in [0.2, 0.25) is 0 Å². The third-order valence-corrected chi connectivity index (χ3v) is 3.12. The van der Waals surface area contributed by atoms with Gasteiger partial charge < -0.3 is 5.73 Å². The molecule has 0 heterocycles. The summed E-state index contributed by atoms with van der Waals surface area (Å²) < 4.78 is 37.4. The van der Waals surface area contributed by atoms with Gasteiger partial charge in [0.1, 0.15) is 0 Å². The van der Waals surface area contributed by atoms with Crippen LogP contribution in [-0.4, -0.2) is 12.3 Å². The van der Waals surface area contributed by atoms with Gasteiger partial charge >= 0.3 is 6.18 Å². The van der Waals surface area contributed by atoms with Gasteiger partial charge in [0.15, 0.2) is 5.78 Å². The van der Waals surface area contributed by atoms with Crippen molar-refractivity contribution in [2.24, 2.45) is 5.73 Å². The van der Waals surface area contributed by atoms with Crippen LogP contribution in [0.5, 0.6) is 0 Å². The molecule has 2 nitrogen and oxygen atoms in total. The van der Waals surface area contributed by atoms with E-state index in [1.807, 2.05) is 0 Å². The van der Waals surface area contributed by atoms with E-state index in [2.05, 4.69) is 0 Å². The van der Waals surface area contributed by atoms with Crippen molar-refractivity contribution in [1.82, 2.24) is 0 Å². The highest BCUT2D eigenvalue weighted by atomic mass is 19.4. The summed E-state index contributed by atoms with van der Waals surface area (Å²) in [5.74, 6) is -0.303. The number of ketones is 1. The van der Waals surface area contributed by atoms with E-state index in [0.717, 1.165) is 24.1 Å². The fraction of sp³-hybridized carbons (Fsp3) is 0.188. The molecule has 0 aliphatic rings. The fourth-order valence-electron chi connectivity index (χ4n) is 1.97. The number of benzene rings is 2. The number of nitrogens with two attached hydrogens (primary N) is 1. The Bertz CT molecular complexity index is 615. The molecule has 0 saturated carbocycles. The highest BCUT2D eigenvalue weighted by Crippen LogP contribution is 2.29. The van der Waals surface area contributed by atoms with Crippen molar-refractivity contribution in [1.29, 1.82) is 0 Å². The predicted octanol–water partition coefficient (Wildman–Crippen LogP) is 3.44. The van der Waals surface area contributed by atoms with Gasteiger partial charge in [-0.3, -0.25) is 4.79 Å². The second-order valence-electron chi connectivity index (χ2n) is 4.64. The average molecular weight is 293 g/mol. The highest BCUT2D eigenvalue weighted by molar-refractivity contribution is 6.09. The minimum Gasteiger partial charge on any atom is -0.330 e. The van der Waals surface area contributed by atoms with Gasteiger partial charge in [-0.2, -0.15) is 13.2 Å². The minimum absolute atomic E-state index is 0.231. The summed E-state index contributed by atoms with van der Waals surface area (Å²) >= 11 is 0. The molecule has 5 heteroatoms. The Morgan fingerprint density at radius 1 is 0.905 bits per heavy atom. The molecule has 2 aromatic rings. The van der Waals surface area contributed by atoms with Crippen LogP contribution in [0.3, 0.4) is 0 Å². The molecule has 0 unspecified atom stereocenters. The Morgan fingerprint density at radius 2 is 1.38 bits per heavy atom. The lowest BCUT2D eigenvalue weighted by Crippen LogP contribution is -2.07. The van der Waals surface area contributed by atoms with Gasteiger partial charge in [0.25, 0.3) is 0 Å². The Morgan fingerprint density at radius 3 is 1.81 bits per heavy atom. The smallest absolute Gasteiger partial charge is 0.330 e. The summed E-state index contributed by atoms with van der Waals surface area (Å²) in [6, 6.07) is 11.1. The molecule has 0 radical (unpaired) electrons. The first-order chi connectivity index (χ1) is 9.91. The lowest BCUT2D eigenvalue weighted by Gasteiger charge is -2.07. The van der Waals surface area contributed by atoms with Crippen LogP contribution < -0.4 is 5.73 Å². The summed E-state index contributed by atoms with van der Waals surface area (Å²) in [5, 5.41) is 0. The number of carbonyl (C=O) groups is 1. The summed E-state index contributed by atoms with van der Waals surface area (Å²) in [5.41, 5.74) is 6.36. The predicted molar refractivity (Wildman–Crippen MR) is 74.1 cm³/mol. The van der Waals surface area contributed by atoms with Crippen LogP contribution in [0.15, 0.2) is 48.5 Å². The molecule has 2 rings (SSSR count). The summed E-state index contributed by atoms with van der Waals surface area (Å²) in [6.45, 7) is 0.520. The number of carbonyl (C=O) groups excluding carboxylic acids is 1. The first kappa shape index (κ1) is 15.3. The zero-order valence-corrected chi connectivity index (χ0v) is 11.2. The standard InChI is InChI=1S/C16H14F3NO/c17-16(18,19)14-7-5-13(6-8-14)15(21)12-3-1-11(2-4-12)9-10-20/h1-8H,9-10,20H2. The van der Waals surface area contributed by atoms with Crippen molar-refractivity contribution in [3.8, 4) is 0 Å². The fourth-order valence-corrected chi connectivity index (χ4v) is 1.97. The van der Waals surface area contributed by atoms with Gasteiger partial charge in [0.2, 0.25) is 0 Å². The molecule has 0 saturated heterocycles. The van der Waals surface area contributed by atoms with Crippen molar-refractivity contribution < 1.29 is 18.0 Å². The topological polar surface area (TPSA) is 43.1 Å². The number of halogens is 3. The Hall–Kier alpha value is -2.14. The molecule has 0 spiro atoms. The molecule has 110 valence electrons. The third kappa shape index (κ3) is 3.70. The number of rotatable bonds is 4. The van der Waals surface area contributed by atoms with E-state index in [4.69, 9.17) is 5.73 Å². The molecule has 0 aromatic heterocycles. The van der Waals surface area contributed by atoms with Crippen LogP contribution in [0.1, 0.15) is 27.0 Å². The van der Waals surface area contributed by atoms with Gasteiger partial charge in [0.05, 0.1) is 5.56 Å². The molecule has 0 fully saturated rings. The SMILES string of the molecule is NCCc1ccc(C(=O)c2ccc(C(F)(F)F)cc2)cc1. The number of hydrogen-bond donors (Lipinski definition) is 1. The van der Waals surface area contributed by atoms with Gasteiger partial charge in [0, 0.05) is 11.1 Å². The van der Waals surface area contributed by atoms with Crippen molar-refractivity contribution in [3.63, 3.8) is 0 Å². The van der Waals surface area contributed by atoms with Crippen LogP contribution in [-0.2, 0) is 12.6 Å². The van der Waals surface area contributed by atoms with E-state index in [1.165, 1.54) is 12.1 Å². The molecular formula is C16H14F3NO. The van der Waals surface area contributed by atoms with E-state index < -0.39 is 11.7 Å². The van der Waals surface area contributed by atoms with E-state index in [0.29, 0.717) is 12.1 Å². The largest absolute Gasteiger partial charge is 0.416 e. The summed E-state index contributed by atoms with van der Waals surface area (Å²) in [7, 11) is 0. The summed E-state index contributed by atoms with van der Waals surface area (Å²) in [4.78, 5) is 12.2. The van der Waals surface area contributed by atoms with E-state index in [-0.39, 0.29) is 11.3 Å². The maximum atomic E-state index is 12.5. The number of hydrogen-bond acceptors (Lipinski definition) is 2. The lowest BCUT2D eigenvalue weighted by atomic mass is 10.0. The molecule has 0 aliphatic heterocycles. The Balaban J connectivity index is 2.19. The molecule has 21 heavy (non-hydrogen) atoms. The quantitative estimate of drug-likeness (QED) is 0.878. The lowest BCUT2D eigenvalue weighted by molar-refractivity contribution is -0.137. The molecule has 2 N–H and O–H groups in total. The molecular weight excluding hydrogens is 279 g/mol. The van der Waals surface area contributed by atoms with Crippen LogP contribution in [0, 0.1) is 0 Å². The molecule has 2 aromatic carbocycles. The second kappa shape index (κ2) is 6.10. The van der Waals surface area contributed by atoms with Gasteiger partial charge in [-0.1, -0.05) is 36.4 Å². The maximum absolute atomic E-state index is 12.5. The normalized spacial score (nSPS) is 11.4. The zero-order valence-electron chi connectivity index (χ0n) is 11.2. The maximum Gasteiger partial charge on any atom is 0.416 e. The van der Waals surface area contributed by atoms with Crippen molar-refractivity contribution in [2.75, 3.05) is 6.54 Å². The first-order valence-electron chi connectivity index (χ1n) is 6.43. The van der Waals surface area contributed by atoms with Crippen molar-refractivity contribution in [3.05, 3.63) is 70.8 Å². The summed E-state index contributed by atoms with van der Waals surface area (Å²) in [6.07, 6.45) is -3.68. The Labute approximate surface area is 120 Å². The average Bonchev–Trinajstić information content (AvgIpc) is 2.47. The van der Waals surface area contributed by atoms with Crippen molar-refractivity contribution in [2.45, 2.75) is 12.6 Å². The molecule has 0 bridgehead atoms. The zero-order chi connectivity index (χ0) is 15.5. The van der Waals surface area contributed by atoms with E-state index >= 15 is 0 Å². The monoisotopic (exact) mass is 293 g/mol. The molecule has 0 atom stereocenters. The number of alkyl halides is 3. The van der Waals surface area contributed by atoms with Gasteiger partial charge in [-0.15, -0.1) is 0 Å². The van der Waals surface area contributed by atoms with Crippen molar-refractivity contribution >= 4 is 5.78 Å².